The Morgan fingerprint density at radius 2 is 1.68 bits per heavy atom. The van der Waals surface area contributed by atoms with Crippen LogP contribution in [0.5, 0.6) is 0 Å². The van der Waals surface area contributed by atoms with Crippen molar-refractivity contribution in [3.8, 4) is 0 Å². The maximum absolute atomic E-state index is 13.2. The van der Waals surface area contributed by atoms with E-state index in [1.54, 1.807) is 12.1 Å². The number of carbonyl (C=O) groups is 1. The molecule has 1 aliphatic rings. The van der Waals surface area contributed by atoms with Crippen LogP contribution in [0.2, 0.25) is 0 Å². The number of benzene rings is 1. The number of nitrogens with one attached hydrogen (secondary N) is 1. The van der Waals surface area contributed by atoms with Crippen LogP contribution < -0.4 is 0 Å². The summed E-state index contributed by atoms with van der Waals surface area (Å²) in [5.74, 6) is 2.12. The molecule has 173 valence electrons. The second-order valence-electron chi connectivity index (χ2n) is 8.22. The third kappa shape index (κ3) is 7.44. The van der Waals surface area contributed by atoms with Gasteiger partial charge in [-0.05, 0) is 47.8 Å². The van der Waals surface area contributed by atoms with Gasteiger partial charge < -0.3 is 15.8 Å². The predicted octanol–water partition coefficient (Wildman–Crippen LogP) is 7.20. The molecule has 1 fully saturated rings. The number of rotatable bonds is 5. The molecule has 1 aliphatic carbocycles. The SMILES string of the molecule is CC1C(C)C(C)C(CCC[NH-])C1C.O=C([N-]c1ccc(F)cc1F)c1ccccn1.[Ir]. The summed E-state index contributed by atoms with van der Waals surface area (Å²) < 4.78 is 25.8. The third-order valence-electron chi connectivity index (χ3n) is 6.57. The van der Waals surface area contributed by atoms with E-state index in [1.807, 2.05) is 0 Å². The summed E-state index contributed by atoms with van der Waals surface area (Å²) in [4.78, 5) is 15.3. The zero-order valence-corrected chi connectivity index (χ0v) is 20.8. The molecule has 0 saturated heterocycles. The van der Waals surface area contributed by atoms with E-state index >= 15 is 0 Å². The molecule has 4 unspecified atom stereocenters. The van der Waals surface area contributed by atoms with Crippen molar-refractivity contribution in [2.24, 2.45) is 29.6 Å². The number of hydrogen-bond donors (Lipinski definition) is 0. The summed E-state index contributed by atoms with van der Waals surface area (Å²) in [6.45, 7) is 10.2. The van der Waals surface area contributed by atoms with Gasteiger partial charge in [0.1, 0.15) is 17.5 Å². The third-order valence-corrected chi connectivity index (χ3v) is 6.57. The first kappa shape index (κ1) is 27.3. The molecule has 4 atom stereocenters. The number of amides is 1. The van der Waals surface area contributed by atoms with E-state index in [-0.39, 0.29) is 31.5 Å². The minimum atomic E-state index is -0.880. The number of carbonyl (C=O) groups excluding carboxylic acids is 1. The van der Waals surface area contributed by atoms with Gasteiger partial charge in [0, 0.05) is 32.4 Å². The number of hydrogen-bond acceptors (Lipinski definition) is 2. The van der Waals surface area contributed by atoms with E-state index in [4.69, 9.17) is 5.73 Å². The van der Waals surface area contributed by atoms with Crippen LogP contribution in [0.4, 0.5) is 14.5 Å². The predicted molar refractivity (Wildman–Crippen MR) is 117 cm³/mol. The van der Waals surface area contributed by atoms with Crippen molar-refractivity contribution < 1.29 is 33.7 Å². The quantitative estimate of drug-likeness (QED) is 0.361. The van der Waals surface area contributed by atoms with Gasteiger partial charge in [0.2, 0.25) is 0 Å². The first-order valence-electron chi connectivity index (χ1n) is 10.5. The van der Waals surface area contributed by atoms with Gasteiger partial charge in [-0.25, -0.2) is 8.78 Å². The van der Waals surface area contributed by atoms with Crippen LogP contribution in [0.25, 0.3) is 11.1 Å². The average molecular weight is 608 g/mol. The Balaban J connectivity index is 0.000000311. The first-order chi connectivity index (χ1) is 14.3. The Morgan fingerprint density at radius 3 is 2.19 bits per heavy atom. The second kappa shape index (κ2) is 13.0. The fourth-order valence-electron chi connectivity index (χ4n) is 4.31. The molecule has 31 heavy (non-hydrogen) atoms. The molecule has 0 aliphatic heterocycles. The van der Waals surface area contributed by atoms with E-state index in [2.05, 4.69) is 38.0 Å². The molecular formula is C24H31F2IrN3O-2. The molecule has 4 nitrogen and oxygen atoms in total. The van der Waals surface area contributed by atoms with Crippen molar-refractivity contribution in [2.45, 2.75) is 40.5 Å². The zero-order chi connectivity index (χ0) is 22.3. The molecule has 1 saturated carbocycles. The normalized spacial score (nSPS) is 24.5. The molecule has 2 aromatic rings. The van der Waals surface area contributed by atoms with Gasteiger partial charge in [-0.3, -0.25) is 4.98 Å². The van der Waals surface area contributed by atoms with Crippen molar-refractivity contribution in [2.75, 3.05) is 6.54 Å². The van der Waals surface area contributed by atoms with E-state index in [1.165, 1.54) is 18.7 Å². The molecule has 1 amide bonds. The van der Waals surface area contributed by atoms with E-state index in [0.29, 0.717) is 12.6 Å². The van der Waals surface area contributed by atoms with Gasteiger partial charge in [0.15, 0.2) is 0 Å². The molecule has 0 bridgehead atoms. The largest absolute Gasteiger partial charge is 0.677 e. The van der Waals surface area contributed by atoms with E-state index in [0.717, 1.165) is 48.1 Å². The van der Waals surface area contributed by atoms with Crippen molar-refractivity contribution in [3.05, 3.63) is 71.0 Å². The van der Waals surface area contributed by atoms with Gasteiger partial charge in [-0.2, -0.15) is 6.54 Å². The minimum absolute atomic E-state index is 0. The minimum Gasteiger partial charge on any atom is -0.677 e. The van der Waals surface area contributed by atoms with Crippen LogP contribution in [0.15, 0.2) is 42.6 Å². The Hall–Kier alpha value is -1.69. The van der Waals surface area contributed by atoms with Crippen molar-refractivity contribution >= 4 is 11.6 Å². The second-order valence-corrected chi connectivity index (χ2v) is 8.22. The van der Waals surface area contributed by atoms with Crippen LogP contribution in [0.3, 0.4) is 0 Å². The number of aromatic nitrogens is 1. The summed E-state index contributed by atoms with van der Waals surface area (Å²) in [5.41, 5.74) is 7.10. The van der Waals surface area contributed by atoms with Crippen LogP contribution in [-0.2, 0) is 20.1 Å². The number of pyridine rings is 1. The Kier molecular flexibility index (Phi) is 11.5. The van der Waals surface area contributed by atoms with E-state index < -0.39 is 17.5 Å². The van der Waals surface area contributed by atoms with Crippen LogP contribution in [-0.4, -0.2) is 17.4 Å². The maximum Gasteiger partial charge on any atom is 0.126 e. The molecule has 1 heterocycles. The van der Waals surface area contributed by atoms with Crippen molar-refractivity contribution in [1.82, 2.24) is 4.98 Å². The van der Waals surface area contributed by atoms with Gasteiger partial charge in [0.25, 0.3) is 0 Å². The fourth-order valence-corrected chi connectivity index (χ4v) is 4.31. The standard InChI is InChI=1S/C12H8F2N2O.C12H24N.Ir/c13-8-4-5-10(9(14)7-8)16-12(17)11-3-1-2-6-15-11;1-8-9(2)11(4)12(10(8)3)6-5-7-13;/h1-7H,(H,16,17);8-13H,5-7H2,1-4H3;/q;-1;/p-1. The number of halogens is 2. The van der Waals surface area contributed by atoms with Crippen LogP contribution in [0.1, 0.15) is 51.0 Å². The summed E-state index contributed by atoms with van der Waals surface area (Å²) in [7, 11) is 0. The van der Waals surface area contributed by atoms with Crippen molar-refractivity contribution in [3.63, 3.8) is 0 Å². The summed E-state index contributed by atoms with van der Waals surface area (Å²) >= 11 is 0. The Bertz CT molecular complexity index is 808. The molecular weight excluding hydrogens is 576 g/mol. The molecule has 0 spiro atoms. The van der Waals surface area contributed by atoms with Gasteiger partial charge in [-0.1, -0.05) is 58.4 Å². The van der Waals surface area contributed by atoms with Crippen LogP contribution >= 0.6 is 0 Å². The van der Waals surface area contributed by atoms with Gasteiger partial charge >= 0.3 is 0 Å². The Labute approximate surface area is 197 Å². The van der Waals surface area contributed by atoms with Gasteiger partial charge in [0.05, 0.1) is 5.69 Å². The summed E-state index contributed by atoms with van der Waals surface area (Å²) in [6, 6.07) is 7.54. The van der Waals surface area contributed by atoms with Crippen molar-refractivity contribution in [1.29, 1.82) is 0 Å². The Morgan fingerprint density at radius 1 is 1.03 bits per heavy atom. The smallest absolute Gasteiger partial charge is 0.126 e. The van der Waals surface area contributed by atoms with Gasteiger partial charge in [-0.15, -0.1) is 0 Å². The molecule has 1 radical (unpaired) electrons. The first-order valence-corrected chi connectivity index (χ1v) is 10.5. The summed E-state index contributed by atoms with van der Waals surface area (Å²) in [5, 5.41) is 3.53. The van der Waals surface area contributed by atoms with Crippen LogP contribution in [0, 0.1) is 41.2 Å². The fraction of sp³-hybridized carbons (Fsp3) is 0.500. The maximum atomic E-state index is 13.2. The molecule has 1 aromatic carbocycles. The molecule has 7 heteroatoms. The van der Waals surface area contributed by atoms with E-state index in [9.17, 15) is 13.6 Å². The summed E-state index contributed by atoms with van der Waals surface area (Å²) in [6.07, 6.45) is 3.81. The molecule has 1 N–H and O–H groups in total. The zero-order valence-electron chi connectivity index (χ0n) is 18.4. The average Bonchev–Trinajstić information content (AvgIpc) is 2.92. The molecule has 1 aromatic heterocycles. The molecule has 3 rings (SSSR count). The number of nitrogens with zero attached hydrogens (tertiary/aromatic N) is 2. The topological polar surface area (TPSA) is 67.9 Å². The monoisotopic (exact) mass is 608 g/mol.